The van der Waals surface area contributed by atoms with Gasteiger partial charge in [-0.25, -0.2) is 9.37 Å². The number of halogens is 1. The molecule has 1 amide bonds. The van der Waals surface area contributed by atoms with Gasteiger partial charge >= 0.3 is 0 Å². The molecule has 0 spiro atoms. The molecule has 26 heavy (non-hydrogen) atoms. The molecule has 6 nitrogen and oxygen atoms in total. The second-order valence-electron chi connectivity index (χ2n) is 5.08. The summed E-state index contributed by atoms with van der Waals surface area (Å²) in [6.07, 6.45) is 0. The lowest BCUT2D eigenvalue weighted by Crippen LogP contribution is -2.30. The third kappa shape index (κ3) is 4.17. The number of carbonyl (C=O) groups is 1. The van der Waals surface area contributed by atoms with Crippen LogP contribution in [0.2, 0.25) is 0 Å². The Balaban J connectivity index is 1.62. The van der Waals surface area contributed by atoms with Crippen LogP contribution in [0.4, 0.5) is 9.52 Å². The lowest BCUT2D eigenvalue weighted by Gasteiger charge is -2.05. The second kappa shape index (κ2) is 8.24. The minimum atomic E-state index is -0.304. The molecule has 3 aromatic rings. The predicted molar refractivity (Wildman–Crippen MR) is 102 cm³/mol. The van der Waals surface area contributed by atoms with Gasteiger partial charge in [0, 0.05) is 4.90 Å². The first-order valence-electron chi connectivity index (χ1n) is 7.55. The SMILES string of the molecule is COc1ccc(OC)c2sc(NNC(=O)CSc3ccc(F)cc3)nc12. The van der Waals surface area contributed by atoms with Crippen LogP contribution < -0.4 is 20.3 Å². The lowest BCUT2D eigenvalue weighted by molar-refractivity contribution is -0.118. The summed E-state index contributed by atoms with van der Waals surface area (Å²) >= 11 is 2.66. The van der Waals surface area contributed by atoms with E-state index < -0.39 is 0 Å². The van der Waals surface area contributed by atoms with Crippen LogP contribution in [0.5, 0.6) is 11.5 Å². The van der Waals surface area contributed by atoms with Crippen molar-refractivity contribution in [3.63, 3.8) is 0 Å². The van der Waals surface area contributed by atoms with Crippen LogP contribution in [0.3, 0.4) is 0 Å². The molecule has 0 aliphatic carbocycles. The van der Waals surface area contributed by atoms with Gasteiger partial charge in [0.25, 0.3) is 0 Å². The number of anilines is 1. The van der Waals surface area contributed by atoms with E-state index in [1.165, 1.54) is 35.2 Å². The first kappa shape index (κ1) is 18.3. The fourth-order valence-corrected chi connectivity index (χ4v) is 3.80. The van der Waals surface area contributed by atoms with Crippen LogP contribution in [-0.2, 0) is 4.79 Å². The number of nitrogens with zero attached hydrogens (tertiary/aromatic N) is 1. The molecule has 0 saturated heterocycles. The van der Waals surface area contributed by atoms with E-state index in [0.717, 1.165) is 9.60 Å². The van der Waals surface area contributed by atoms with Crippen LogP contribution in [0.15, 0.2) is 41.3 Å². The van der Waals surface area contributed by atoms with E-state index in [-0.39, 0.29) is 17.5 Å². The zero-order valence-electron chi connectivity index (χ0n) is 14.0. The molecule has 0 aliphatic rings. The van der Waals surface area contributed by atoms with Gasteiger partial charge < -0.3 is 9.47 Å². The summed E-state index contributed by atoms with van der Waals surface area (Å²) in [6, 6.07) is 9.57. The maximum absolute atomic E-state index is 12.9. The summed E-state index contributed by atoms with van der Waals surface area (Å²) in [5, 5.41) is 0.517. The molecule has 0 atom stereocenters. The molecule has 2 aromatic carbocycles. The van der Waals surface area contributed by atoms with Crippen molar-refractivity contribution in [3.05, 3.63) is 42.2 Å². The Bertz CT molecular complexity index is 875. The number of hydrogen-bond donors (Lipinski definition) is 2. The Kier molecular flexibility index (Phi) is 5.79. The number of methoxy groups -OCH3 is 2. The average Bonchev–Trinajstić information content (AvgIpc) is 3.09. The monoisotopic (exact) mass is 393 g/mol. The van der Waals surface area contributed by atoms with E-state index >= 15 is 0 Å². The Labute approximate surface area is 157 Å². The van der Waals surface area contributed by atoms with Gasteiger partial charge in [-0.05, 0) is 36.4 Å². The van der Waals surface area contributed by atoms with Gasteiger partial charge in [0.1, 0.15) is 27.5 Å². The van der Waals surface area contributed by atoms with Crippen molar-refractivity contribution in [2.45, 2.75) is 4.90 Å². The topological polar surface area (TPSA) is 72.5 Å². The Morgan fingerprint density at radius 1 is 1.15 bits per heavy atom. The predicted octanol–water partition coefficient (Wildman–Crippen LogP) is 3.69. The van der Waals surface area contributed by atoms with Gasteiger partial charge in [0.05, 0.1) is 20.0 Å². The summed E-state index contributed by atoms with van der Waals surface area (Å²) in [5.74, 6) is 0.975. The normalized spacial score (nSPS) is 10.6. The number of benzene rings is 2. The summed E-state index contributed by atoms with van der Waals surface area (Å²) in [7, 11) is 3.16. The van der Waals surface area contributed by atoms with Gasteiger partial charge in [0.15, 0.2) is 0 Å². The molecule has 0 saturated carbocycles. The summed E-state index contributed by atoms with van der Waals surface area (Å²) in [5.41, 5.74) is 6.07. The van der Waals surface area contributed by atoms with Gasteiger partial charge in [-0.15, -0.1) is 11.8 Å². The smallest absolute Gasteiger partial charge is 0.248 e. The highest BCUT2D eigenvalue weighted by molar-refractivity contribution is 8.00. The summed E-state index contributed by atoms with van der Waals surface area (Å²) < 4.78 is 24.3. The summed E-state index contributed by atoms with van der Waals surface area (Å²) in [6.45, 7) is 0. The van der Waals surface area contributed by atoms with Crippen molar-refractivity contribution in [1.82, 2.24) is 10.4 Å². The first-order chi connectivity index (χ1) is 12.6. The van der Waals surface area contributed by atoms with Crippen LogP contribution in [0, 0.1) is 5.82 Å². The summed E-state index contributed by atoms with van der Waals surface area (Å²) in [4.78, 5) is 17.2. The molecule has 3 rings (SSSR count). The second-order valence-corrected chi connectivity index (χ2v) is 7.13. The van der Waals surface area contributed by atoms with Crippen LogP contribution in [0.25, 0.3) is 10.2 Å². The molecule has 0 aliphatic heterocycles. The number of hydrazine groups is 1. The van der Waals surface area contributed by atoms with Crippen molar-refractivity contribution in [2.75, 3.05) is 25.4 Å². The number of thiazole rings is 1. The Morgan fingerprint density at radius 3 is 2.54 bits per heavy atom. The van der Waals surface area contributed by atoms with E-state index in [0.29, 0.717) is 22.1 Å². The van der Waals surface area contributed by atoms with E-state index in [2.05, 4.69) is 15.8 Å². The number of rotatable bonds is 7. The zero-order valence-corrected chi connectivity index (χ0v) is 15.7. The van der Waals surface area contributed by atoms with Crippen molar-refractivity contribution < 1.29 is 18.7 Å². The minimum Gasteiger partial charge on any atom is -0.495 e. The van der Waals surface area contributed by atoms with Gasteiger partial charge in [-0.1, -0.05) is 11.3 Å². The molecule has 0 fully saturated rings. The molecule has 2 N–H and O–H groups in total. The molecule has 0 bridgehead atoms. The molecule has 136 valence electrons. The first-order valence-corrected chi connectivity index (χ1v) is 9.35. The fraction of sp³-hybridized carbons (Fsp3) is 0.176. The van der Waals surface area contributed by atoms with E-state index in [4.69, 9.17) is 9.47 Å². The zero-order chi connectivity index (χ0) is 18.5. The maximum atomic E-state index is 12.9. The van der Waals surface area contributed by atoms with E-state index in [1.54, 1.807) is 38.5 Å². The number of nitrogens with one attached hydrogen (secondary N) is 2. The number of amides is 1. The third-order valence-electron chi connectivity index (χ3n) is 3.40. The fourth-order valence-electron chi connectivity index (χ4n) is 2.18. The van der Waals surface area contributed by atoms with Crippen LogP contribution >= 0.6 is 23.1 Å². The number of aromatic nitrogens is 1. The molecule has 1 heterocycles. The number of fused-ring (bicyclic) bond motifs is 1. The van der Waals surface area contributed by atoms with Crippen molar-refractivity contribution in [2.24, 2.45) is 0 Å². The average molecular weight is 393 g/mol. The van der Waals surface area contributed by atoms with E-state index in [1.807, 2.05) is 0 Å². The Hall–Kier alpha value is -2.52. The molecule has 1 aromatic heterocycles. The van der Waals surface area contributed by atoms with Crippen molar-refractivity contribution >= 4 is 44.4 Å². The Morgan fingerprint density at radius 2 is 1.85 bits per heavy atom. The molecule has 0 unspecified atom stereocenters. The number of carbonyl (C=O) groups excluding carboxylic acids is 1. The molecule has 0 radical (unpaired) electrons. The van der Waals surface area contributed by atoms with Crippen LogP contribution in [0.1, 0.15) is 0 Å². The lowest BCUT2D eigenvalue weighted by atomic mass is 10.3. The quantitative estimate of drug-likeness (QED) is 0.471. The molecular weight excluding hydrogens is 377 g/mol. The van der Waals surface area contributed by atoms with Crippen LogP contribution in [-0.4, -0.2) is 30.9 Å². The van der Waals surface area contributed by atoms with Gasteiger partial charge in [0.2, 0.25) is 11.0 Å². The van der Waals surface area contributed by atoms with E-state index in [9.17, 15) is 9.18 Å². The number of thioether (sulfide) groups is 1. The van der Waals surface area contributed by atoms with Crippen molar-refractivity contribution in [3.8, 4) is 11.5 Å². The molecule has 9 heteroatoms. The molecular formula is C17H16FN3O3S2. The highest BCUT2D eigenvalue weighted by atomic mass is 32.2. The maximum Gasteiger partial charge on any atom is 0.248 e. The van der Waals surface area contributed by atoms with Gasteiger partial charge in [-0.2, -0.15) is 0 Å². The number of ether oxygens (including phenoxy) is 2. The third-order valence-corrected chi connectivity index (χ3v) is 5.40. The van der Waals surface area contributed by atoms with Gasteiger partial charge in [-0.3, -0.25) is 15.6 Å². The minimum absolute atomic E-state index is 0.191. The number of hydrogen-bond acceptors (Lipinski definition) is 7. The largest absolute Gasteiger partial charge is 0.495 e. The van der Waals surface area contributed by atoms with Crippen molar-refractivity contribution in [1.29, 1.82) is 0 Å². The highest BCUT2D eigenvalue weighted by Gasteiger charge is 2.14. The standard InChI is InChI=1S/C17H16FN3O3S2/c1-23-12-7-8-13(24-2)16-15(12)19-17(26-16)21-20-14(22)9-25-11-5-3-10(18)4-6-11/h3-8H,9H2,1-2H3,(H,19,21)(H,20,22). The highest BCUT2D eigenvalue weighted by Crippen LogP contribution is 2.38.